The van der Waals surface area contributed by atoms with Crippen LogP contribution in [0.15, 0.2) is 17.3 Å². The molecular weight excluding hydrogens is 280 g/mol. The van der Waals surface area contributed by atoms with Crippen LogP contribution < -0.4 is 0 Å². The molecule has 1 aromatic rings. The smallest absolute Gasteiger partial charge is 0.246 e. The molecule has 0 atom stereocenters. The first-order valence-electron chi connectivity index (χ1n) is 6.70. The van der Waals surface area contributed by atoms with Gasteiger partial charge in [-0.15, -0.1) is 0 Å². The molecule has 0 aliphatic rings. The lowest BCUT2D eigenvalue weighted by atomic mass is 10.4. The Morgan fingerprint density at radius 2 is 2.05 bits per heavy atom. The number of sulfonamides is 1. The van der Waals surface area contributed by atoms with Crippen LogP contribution in [0.1, 0.15) is 13.3 Å². The molecule has 0 bridgehead atoms. The minimum Gasteiger partial charge on any atom is -0.394 e. The van der Waals surface area contributed by atoms with Gasteiger partial charge in [-0.3, -0.25) is 4.68 Å². The maximum atomic E-state index is 12.5. The van der Waals surface area contributed by atoms with Gasteiger partial charge in [0.05, 0.1) is 19.3 Å². The van der Waals surface area contributed by atoms with Gasteiger partial charge in [-0.25, -0.2) is 8.42 Å². The minimum absolute atomic E-state index is 0.0680. The second-order valence-corrected chi connectivity index (χ2v) is 6.75. The van der Waals surface area contributed by atoms with Crippen LogP contribution >= 0.6 is 0 Å². The summed E-state index contributed by atoms with van der Waals surface area (Å²) in [5.41, 5.74) is 0. The second-order valence-electron chi connectivity index (χ2n) is 4.82. The van der Waals surface area contributed by atoms with Gasteiger partial charge in [-0.05, 0) is 27.1 Å². The fourth-order valence-electron chi connectivity index (χ4n) is 1.86. The van der Waals surface area contributed by atoms with Gasteiger partial charge in [0.2, 0.25) is 10.0 Å². The van der Waals surface area contributed by atoms with E-state index in [2.05, 4.69) is 5.10 Å². The molecule has 8 heteroatoms. The molecule has 7 nitrogen and oxygen atoms in total. The Bertz CT molecular complexity index is 499. The number of aliphatic hydroxyl groups excluding tert-OH is 1. The monoisotopic (exact) mass is 304 g/mol. The summed E-state index contributed by atoms with van der Waals surface area (Å²) in [5, 5.41) is 12.8. The standard InChI is InChI=1S/C12H24N4O3S/c1-4-16(7-5-6-14(2)3)20(18,19)12-10-13-15(11-12)8-9-17/h10-11,17H,4-9H2,1-3H3. The van der Waals surface area contributed by atoms with Crippen LogP contribution in [0.3, 0.4) is 0 Å². The van der Waals surface area contributed by atoms with Gasteiger partial charge in [0.15, 0.2) is 0 Å². The predicted octanol–water partition coefficient (Wildman–Crippen LogP) is -0.162. The number of aliphatic hydroxyl groups is 1. The molecular formula is C12H24N4O3S. The van der Waals surface area contributed by atoms with Crippen molar-refractivity contribution in [2.24, 2.45) is 0 Å². The average molecular weight is 304 g/mol. The maximum Gasteiger partial charge on any atom is 0.246 e. The van der Waals surface area contributed by atoms with E-state index in [1.54, 1.807) is 0 Å². The van der Waals surface area contributed by atoms with Crippen LogP contribution in [0, 0.1) is 0 Å². The summed E-state index contributed by atoms with van der Waals surface area (Å²) in [4.78, 5) is 2.21. The number of nitrogens with zero attached hydrogens (tertiary/aromatic N) is 4. The second kappa shape index (κ2) is 7.72. The molecule has 0 aromatic carbocycles. The van der Waals surface area contributed by atoms with Gasteiger partial charge in [0.1, 0.15) is 4.90 Å². The lowest BCUT2D eigenvalue weighted by Gasteiger charge is -2.20. The molecule has 1 heterocycles. The van der Waals surface area contributed by atoms with Crippen molar-refractivity contribution < 1.29 is 13.5 Å². The summed E-state index contributed by atoms with van der Waals surface area (Å²) >= 11 is 0. The number of rotatable bonds is 9. The first-order valence-corrected chi connectivity index (χ1v) is 8.14. The van der Waals surface area contributed by atoms with E-state index >= 15 is 0 Å². The molecule has 0 fully saturated rings. The zero-order valence-electron chi connectivity index (χ0n) is 12.4. The largest absolute Gasteiger partial charge is 0.394 e. The van der Waals surface area contributed by atoms with E-state index in [-0.39, 0.29) is 11.5 Å². The Labute approximate surface area is 120 Å². The van der Waals surface area contributed by atoms with Crippen LogP contribution in [-0.2, 0) is 16.6 Å². The van der Waals surface area contributed by atoms with Gasteiger partial charge in [-0.1, -0.05) is 6.92 Å². The lowest BCUT2D eigenvalue weighted by Crippen LogP contribution is -2.33. The van der Waals surface area contributed by atoms with E-state index in [0.717, 1.165) is 13.0 Å². The highest BCUT2D eigenvalue weighted by Crippen LogP contribution is 2.15. The van der Waals surface area contributed by atoms with Gasteiger partial charge >= 0.3 is 0 Å². The van der Waals surface area contributed by atoms with Crippen molar-refractivity contribution in [3.05, 3.63) is 12.4 Å². The molecule has 0 aliphatic carbocycles. The Hall–Kier alpha value is -0.960. The molecule has 0 saturated carbocycles. The van der Waals surface area contributed by atoms with Gasteiger partial charge in [-0.2, -0.15) is 9.40 Å². The van der Waals surface area contributed by atoms with Crippen LogP contribution in [0.25, 0.3) is 0 Å². The molecule has 1 aromatic heterocycles. The van der Waals surface area contributed by atoms with E-state index in [9.17, 15) is 8.42 Å². The number of hydrogen-bond donors (Lipinski definition) is 1. The molecule has 1 rings (SSSR count). The van der Waals surface area contributed by atoms with Crippen molar-refractivity contribution in [2.75, 3.05) is 40.3 Å². The summed E-state index contributed by atoms with van der Waals surface area (Å²) in [6.45, 7) is 3.81. The molecule has 0 spiro atoms. The fourth-order valence-corrected chi connectivity index (χ4v) is 3.31. The first kappa shape index (κ1) is 17.1. The molecule has 0 radical (unpaired) electrons. The van der Waals surface area contributed by atoms with E-state index < -0.39 is 10.0 Å². The highest BCUT2D eigenvalue weighted by molar-refractivity contribution is 7.89. The van der Waals surface area contributed by atoms with E-state index in [4.69, 9.17) is 5.11 Å². The molecule has 0 unspecified atom stereocenters. The van der Waals surface area contributed by atoms with Crippen molar-refractivity contribution in [3.63, 3.8) is 0 Å². The van der Waals surface area contributed by atoms with Crippen LogP contribution in [0.2, 0.25) is 0 Å². The third kappa shape index (κ3) is 4.55. The third-order valence-corrected chi connectivity index (χ3v) is 4.87. The first-order chi connectivity index (χ1) is 9.41. The summed E-state index contributed by atoms with van der Waals surface area (Å²) in [6.07, 6.45) is 3.57. The average Bonchev–Trinajstić information content (AvgIpc) is 2.84. The molecule has 0 amide bonds. The zero-order valence-corrected chi connectivity index (χ0v) is 13.2. The minimum atomic E-state index is -3.50. The molecule has 0 aliphatic heterocycles. The number of hydrogen-bond acceptors (Lipinski definition) is 5. The van der Waals surface area contributed by atoms with Crippen LogP contribution in [0.5, 0.6) is 0 Å². The SMILES string of the molecule is CCN(CCCN(C)C)S(=O)(=O)c1cnn(CCO)c1. The van der Waals surface area contributed by atoms with Crippen molar-refractivity contribution in [1.82, 2.24) is 19.0 Å². The highest BCUT2D eigenvalue weighted by Gasteiger charge is 2.24. The quantitative estimate of drug-likeness (QED) is 0.686. The van der Waals surface area contributed by atoms with Gasteiger partial charge in [0, 0.05) is 19.3 Å². The van der Waals surface area contributed by atoms with E-state index in [1.165, 1.54) is 21.4 Å². The number of aromatic nitrogens is 2. The van der Waals surface area contributed by atoms with E-state index in [1.807, 2.05) is 25.9 Å². The predicted molar refractivity (Wildman–Crippen MR) is 76.9 cm³/mol. The fraction of sp³-hybridized carbons (Fsp3) is 0.750. The lowest BCUT2D eigenvalue weighted by molar-refractivity contribution is 0.269. The van der Waals surface area contributed by atoms with E-state index in [0.29, 0.717) is 19.6 Å². The molecule has 116 valence electrons. The van der Waals surface area contributed by atoms with Gasteiger partial charge < -0.3 is 10.0 Å². The van der Waals surface area contributed by atoms with Crippen molar-refractivity contribution in [2.45, 2.75) is 24.8 Å². The Morgan fingerprint density at radius 3 is 2.60 bits per heavy atom. The summed E-state index contributed by atoms with van der Waals surface area (Å²) < 4.78 is 27.8. The topological polar surface area (TPSA) is 78.7 Å². The summed E-state index contributed by atoms with van der Waals surface area (Å²) in [6, 6.07) is 0. The zero-order chi connectivity index (χ0) is 15.2. The molecule has 1 N–H and O–H groups in total. The summed E-state index contributed by atoms with van der Waals surface area (Å²) in [5.74, 6) is 0. The van der Waals surface area contributed by atoms with Gasteiger partial charge in [0.25, 0.3) is 0 Å². The van der Waals surface area contributed by atoms with Crippen molar-refractivity contribution >= 4 is 10.0 Å². The molecule has 0 saturated heterocycles. The Balaban J connectivity index is 2.77. The summed E-state index contributed by atoms with van der Waals surface area (Å²) in [7, 11) is 0.427. The molecule has 20 heavy (non-hydrogen) atoms. The Morgan fingerprint density at radius 1 is 1.35 bits per heavy atom. The highest BCUT2D eigenvalue weighted by atomic mass is 32.2. The third-order valence-electron chi connectivity index (χ3n) is 2.94. The maximum absolute atomic E-state index is 12.5. The van der Waals surface area contributed by atoms with Crippen LogP contribution in [0.4, 0.5) is 0 Å². The van der Waals surface area contributed by atoms with Crippen molar-refractivity contribution in [3.8, 4) is 0 Å². The van der Waals surface area contributed by atoms with Crippen molar-refractivity contribution in [1.29, 1.82) is 0 Å². The van der Waals surface area contributed by atoms with Crippen LogP contribution in [-0.4, -0.2) is 72.8 Å². The Kier molecular flexibility index (Phi) is 6.60. The normalized spacial score (nSPS) is 12.5.